The third-order valence-electron chi connectivity index (χ3n) is 1.16. The molecule has 0 aliphatic rings. The maximum Gasteiger partial charge on any atom is 0.272 e. The highest BCUT2D eigenvalue weighted by Crippen LogP contribution is 2.18. The van der Waals surface area contributed by atoms with Crippen molar-refractivity contribution >= 4 is 0 Å². The lowest BCUT2D eigenvalue weighted by molar-refractivity contribution is -0.124. The molecule has 0 aromatic heterocycles. The van der Waals surface area contributed by atoms with Crippen LogP contribution in [-0.2, 0) is 4.74 Å². The van der Waals surface area contributed by atoms with E-state index in [9.17, 15) is 22.0 Å². The highest BCUT2D eigenvalue weighted by Gasteiger charge is 2.36. The smallest absolute Gasteiger partial charge is 0.272 e. The first-order valence-corrected chi connectivity index (χ1v) is 3.32. The number of halogens is 5. The van der Waals surface area contributed by atoms with E-state index >= 15 is 0 Å². The maximum atomic E-state index is 12.3. The van der Waals surface area contributed by atoms with Crippen LogP contribution < -0.4 is 0 Å². The van der Waals surface area contributed by atoms with Crippen LogP contribution in [0.25, 0.3) is 0 Å². The summed E-state index contributed by atoms with van der Waals surface area (Å²) in [6.07, 6.45) is -11.9. The monoisotopic (exact) mass is 192 g/mol. The predicted molar refractivity (Wildman–Crippen MR) is 32.3 cm³/mol. The largest absolute Gasteiger partial charge is 0.369 e. The summed E-state index contributed by atoms with van der Waals surface area (Å²) >= 11 is 0. The first-order valence-electron chi connectivity index (χ1n) is 3.32. The van der Waals surface area contributed by atoms with Gasteiger partial charge >= 0.3 is 0 Å². The van der Waals surface area contributed by atoms with Crippen LogP contribution in [0.2, 0.25) is 0 Å². The Labute approximate surface area is 66.5 Å². The lowest BCUT2D eigenvalue weighted by atomic mass is 10.2. The molecule has 0 radical (unpaired) electrons. The number of alkyl halides is 5. The minimum Gasteiger partial charge on any atom is -0.369 e. The van der Waals surface area contributed by atoms with Gasteiger partial charge in [0.25, 0.3) is 12.9 Å². The number of hydrogen-bond acceptors (Lipinski definition) is 1. The molecular formula is C6H9F5O. The zero-order chi connectivity index (χ0) is 9.72. The molecule has 0 amide bonds. The molecule has 1 nitrogen and oxygen atoms in total. The molecule has 12 heavy (non-hydrogen) atoms. The van der Waals surface area contributed by atoms with E-state index < -0.39 is 25.1 Å². The number of hydrogen-bond donors (Lipinski definition) is 0. The molecule has 2 atom stereocenters. The SMILES string of the molecule is CCOC(C(F)F)C(F)C(F)F. The summed E-state index contributed by atoms with van der Waals surface area (Å²) in [4.78, 5) is 0. The quantitative estimate of drug-likeness (QED) is 0.607. The van der Waals surface area contributed by atoms with Gasteiger partial charge in [-0.1, -0.05) is 0 Å². The van der Waals surface area contributed by atoms with Crippen molar-refractivity contribution in [2.45, 2.75) is 32.1 Å². The fourth-order valence-electron chi connectivity index (χ4n) is 0.639. The zero-order valence-electron chi connectivity index (χ0n) is 6.31. The maximum absolute atomic E-state index is 12.3. The molecule has 0 saturated heterocycles. The fraction of sp³-hybridized carbons (Fsp3) is 1.00. The topological polar surface area (TPSA) is 9.23 Å². The van der Waals surface area contributed by atoms with Crippen LogP contribution in [0, 0.1) is 0 Å². The Morgan fingerprint density at radius 2 is 1.50 bits per heavy atom. The van der Waals surface area contributed by atoms with E-state index in [2.05, 4.69) is 4.74 Å². The Bertz CT molecular complexity index is 119. The normalized spacial score (nSPS) is 17.0. The minimum absolute atomic E-state index is 0.220. The van der Waals surface area contributed by atoms with Gasteiger partial charge in [-0.2, -0.15) is 0 Å². The van der Waals surface area contributed by atoms with E-state index in [-0.39, 0.29) is 6.61 Å². The third kappa shape index (κ3) is 3.34. The van der Waals surface area contributed by atoms with Gasteiger partial charge in [-0.3, -0.25) is 0 Å². The lowest BCUT2D eigenvalue weighted by Gasteiger charge is -2.19. The van der Waals surface area contributed by atoms with E-state index in [1.807, 2.05) is 0 Å². The van der Waals surface area contributed by atoms with E-state index in [1.54, 1.807) is 0 Å². The molecule has 0 spiro atoms. The molecule has 0 aliphatic heterocycles. The standard InChI is InChI=1S/C6H9F5O/c1-2-12-4(6(10)11)3(7)5(8)9/h3-6H,2H2,1H3. The van der Waals surface area contributed by atoms with Crippen molar-refractivity contribution in [3.05, 3.63) is 0 Å². The van der Waals surface area contributed by atoms with Gasteiger partial charge in [0.2, 0.25) is 0 Å². The predicted octanol–water partition coefficient (Wildman–Crippen LogP) is 2.26. The second-order valence-corrected chi connectivity index (χ2v) is 2.03. The molecule has 0 aromatic rings. The lowest BCUT2D eigenvalue weighted by Crippen LogP contribution is -2.37. The number of rotatable bonds is 5. The first kappa shape index (κ1) is 11.6. The summed E-state index contributed by atoms with van der Waals surface area (Å²) in [5, 5.41) is 0. The summed E-state index contributed by atoms with van der Waals surface area (Å²) < 4.78 is 63.1. The molecule has 74 valence electrons. The van der Waals surface area contributed by atoms with Gasteiger partial charge in [0.1, 0.15) is 0 Å². The van der Waals surface area contributed by atoms with E-state index in [0.717, 1.165) is 0 Å². The average molecular weight is 192 g/mol. The van der Waals surface area contributed by atoms with E-state index in [4.69, 9.17) is 0 Å². The Morgan fingerprint density at radius 3 is 1.75 bits per heavy atom. The Kier molecular flexibility index (Phi) is 5.12. The van der Waals surface area contributed by atoms with Gasteiger partial charge < -0.3 is 4.74 Å². The average Bonchev–Trinajstić information content (AvgIpc) is 1.98. The van der Waals surface area contributed by atoms with Crippen molar-refractivity contribution in [3.8, 4) is 0 Å². The van der Waals surface area contributed by atoms with Gasteiger partial charge in [-0.25, -0.2) is 22.0 Å². The summed E-state index contributed by atoms with van der Waals surface area (Å²) in [6, 6.07) is 0. The summed E-state index contributed by atoms with van der Waals surface area (Å²) in [5.41, 5.74) is 0. The molecule has 0 N–H and O–H groups in total. The van der Waals surface area contributed by atoms with Gasteiger partial charge in [0.05, 0.1) is 0 Å². The summed E-state index contributed by atoms with van der Waals surface area (Å²) in [6.45, 7) is 1.11. The summed E-state index contributed by atoms with van der Waals surface area (Å²) in [7, 11) is 0. The van der Waals surface area contributed by atoms with Crippen LogP contribution in [-0.4, -0.2) is 31.7 Å². The van der Waals surface area contributed by atoms with Crippen LogP contribution in [0.3, 0.4) is 0 Å². The first-order chi connectivity index (χ1) is 5.50. The molecule has 0 aromatic carbocycles. The summed E-state index contributed by atoms with van der Waals surface area (Å²) in [5.74, 6) is 0. The van der Waals surface area contributed by atoms with Crippen molar-refractivity contribution in [1.29, 1.82) is 0 Å². The second kappa shape index (κ2) is 5.29. The van der Waals surface area contributed by atoms with Gasteiger partial charge in [-0.05, 0) is 6.92 Å². The van der Waals surface area contributed by atoms with Gasteiger partial charge in [-0.15, -0.1) is 0 Å². The molecule has 0 saturated carbocycles. The molecule has 0 fully saturated rings. The minimum atomic E-state index is -3.43. The van der Waals surface area contributed by atoms with Crippen LogP contribution in [0.5, 0.6) is 0 Å². The van der Waals surface area contributed by atoms with E-state index in [1.165, 1.54) is 6.92 Å². The second-order valence-electron chi connectivity index (χ2n) is 2.03. The molecule has 0 rings (SSSR count). The van der Waals surface area contributed by atoms with Crippen molar-refractivity contribution in [1.82, 2.24) is 0 Å². The van der Waals surface area contributed by atoms with Crippen molar-refractivity contribution in [3.63, 3.8) is 0 Å². The molecule has 0 heterocycles. The van der Waals surface area contributed by atoms with Crippen LogP contribution in [0.1, 0.15) is 6.92 Å². The Balaban J connectivity index is 4.09. The molecule has 2 unspecified atom stereocenters. The van der Waals surface area contributed by atoms with Crippen molar-refractivity contribution in [2.75, 3.05) is 6.61 Å². The van der Waals surface area contributed by atoms with Crippen LogP contribution >= 0.6 is 0 Å². The molecular weight excluding hydrogens is 183 g/mol. The Morgan fingerprint density at radius 1 is 1.00 bits per heavy atom. The fourth-order valence-corrected chi connectivity index (χ4v) is 0.639. The third-order valence-corrected chi connectivity index (χ3v) is 1.16. The Hall–Kier alpha value is -0.390. The van der Waals surface area contributed by atoms with Crippen molar-refractivity contribution in [2.24, 2.45) is 0 Å². The molecule has 0 aliphatic carbocycles. The van der Waals surface area contributed by atoms with Gasteiger partial charge in [0, 0.05) is 6.61 Å². The highest BCUT2D eigenvalue weighted by atomic mass is 19.3. The van der Waals surface area contributed by atoms with Crippen LogP contribution in [0.4, 0.5) is 22.0 Å². The van der Waals surface area contributed by atoms with Crippen LogP contribution in [0.15, 0.2) is 0 Å². The highest BCUT2D eigenvalue weighted by molar-refractivity contribution is 4.73. The molecule has 0 bridgehead atoms. The molecule has 6 heteroatoms. The zero-order valence-corrected chi connectivity index (χ0v) is 6.31. The van der Waals surface area contributed by atoms with E-state index in [0.29, 0.717) is 0 Å². The van der Waals surface area contributed by atoms with Gasteiger partial charge in [0.15, 0.2) is 12.3 Å². The van der Waals surface area contributed by atoms with Crippen molar-refractivity contribution < 1.29 is 26.7 Å². The number of ether oxygens (including phenoxy) is 1.